The van der Waals surface area contributed by atoms with E-state index < -0.39 is 47.8 Å². The molecule has 2 saturated carbocycles. The minimum absolute atomic E-state index is 0.00105. The molecule has 1 amide bonds. The lowest BCUT2D eigenvalue weighted by atomic mass is 9.45. The number of rotatable bonds is 10. The fraction of sp³-hybridized carbons (Fsp3) is 0.788. The van der Waals surface area contributed by atoms with Gasteiger partial charge in [0.25, 0.3) is 0 Å². The van der Waals surface area contributed by atoms with Crippen LogP contribution in [0.25, 0.3) is 0 Å². The summed E-state index contributed by atoms with van der Waals surface area (Å²) in [6.07, 6.45) is 3.70. The minimum Gasteiger partial charge on any atom is -0.465 e. The molecule has 252 valence electrons. The fourth-order valence-electron chi connectivity index (χ4n) is 7.73. The van der Waals surface area contributed by atoms with Gasteiger partial charge in [-0.15, -0.1) is 0 Å². The zero-order valence-corrected chi connectivity index (χ0v) is 27.7. The van der Waals surface area contributed by atoms with E-state index >= 15 is 0 Å². The van der Waals surface area contributed by atoms with Gasteiger partial charge in [0.15, 0.2) is 6.10 Å². The fourth-order valence-corrected chi connectivity index (χ4v) is 7.73. The molecule has 2 heterocycles. The summed E-state index contributed by atoms with van der Waals surface area (Å²) in [5.41, 5.74) is -1.71. The van der Waals surface area contributed by atoms with Gasteiger partial charge in [-0.25, -0.2) is 9.59 Å². The Labute approximate surface area is 265 Å². The number of carbonyl (C=O) groups is 5. The van der Waals surface area contributed by atoms with Gasteiger partial charge in [0, 0.05) is 18.3 Å². The van der Waals surface area contributed by atoms with Gasteiger partial charge in [0.1, 0.15) is 31.5 Å². The third kappa shape index (κ3) is 7.64. The lowest BCUT2D eigenvalue weighted by Gasteiger charge is -2.61. The molecule has 2 aliphatic carbocycles. The van der Waals surface area contributed by atoms with Crippen LogP contribution in [0.1, 0.15) is 93.4 Å². The maximum absolute atomic E-state index is 12.8. The van der Waals surface area contributed by atoms with Crippen molar-refractivity contribution in [2.24, 2.45) is 22.7 Å². The Bertz CT molecular complexity index is 1200. The number of esters is 4. The van der Waals surface area contributed by atoms with E-state index in [0.29, 0.717) is 19.4 Å². The summed E-state index contributed by atoms with van der Waals surface area (Å²) < 4.78 is 33.7. The van der Waals surface area contributed by atoms with Crippen LogP contribution in [0.4, 0.5) is 4.79 Å². The van der Waals surface area contributed by atoms with Crippen LogP contribution in [0, 0.1) is 22.7 Å². The van der Waals surface area contributed by atoms with Crippen molar-refractivity contribution in [1.82, 2.24) is 5.32 Å². The number of fused-ring (bicyclic) bond motifs is 1. The Hall–Kier alpha value is -3.15. The number of epoxide rings is 1. The van der Waals surface area contributed by atoms with Crippen LogP contribution in [-0.4, -0.2) is 79.7 Å². The Kier molecular flexibility index (Phi) is 10.3. The van der Waals surface area contributed by atoms with E-state index in [1.165, 1.54) is 0 Å². The topological polar surface area (TPSA) is 156 Å². The molecule has 4 rings (SSSR count). The van der Waals surface area contributed by atoms with Crippen molar-refractivity contribution < 1.29 is 52.4 Å². The summed E-state index contributed by atoms with van der Waals surface area (Å²) >= 11 is 0. The molecule has 45 heavy (non-hydrogen) atoms. The summed E-state index contributed by atoms with van der Waals surface area (Å²) in [5, 5.41) is 2.37. The van der Waals surface area contributed by atoms with Gasteiger partial charge in [-0.2, -0.15) is 0 Å². The summed E-state index contributed by atoms with van der Waals surface area (Å²) in [5.74, 6) is -1.82. The molecule has 0 aromatic heterocycles. The van der Waals surface area contributed by atoms with E-state index in [1.807, 2.05) is 0 Å². The van der Waals surface area contributed by atoms with Crippen LogP contribution < -0.4 is 5.32 Å². The molecule has 0 radical (unpaired) electrons. The normalized spacial score (nSPS) is 34.8. The average molecular weight is 636 g/mol. The van der Waals surface area contributed by atoms with Gasteiger partial charge in [0.05, 0.1) is 17.8 Å². The highest BCUT2D eigenvalue weighted by molar-refractivity contribution is 5.92. The van der Waals surface area contributed by atoms with Crippen LogP contribution in [-0.2, 0) is 47.6 Å². The number of hydrogen-bond donors (Lipinski definition) is 1. The predicted molar refractivity (Wildman–Crippen MR) is 160 cm³/mol. The number of carbonyl (C=O) groups excluding carboxylic acids is 5. The lowest BCUT2D eigenvalue weighted by molar-refractivity contribution is -0.203. The zero-order valence-electron chi connectivity index (χ0n) is 27.7. The molecular weight excluding hydrogens is 586 g/mol. The van der Waals surface area contributed by atoms with Gasteiger partial charge < -0.3 is 33.7 Å². The maximum atomic E-state index is 12.8. The second kappa shape index (κ2) is 13.3. The summed E-state index contributed by atoms with van der Waals surface area (Å²) in [6, 6.07) is 0. The van der Waals surface area contributed by atoms with Crippen LogP contribution in [0.2, 0.25) is 0 Å². The molecular formula is C33H49NO11. The third-order valence-electron chi connectivity index (χ3n) is 10.0. The second-order valence-electron chi connectivity index (χ2n) is 14.2. The number of amides is 1. The number of ether oxygens (including phenoxy) is 6. The van der Waals surface area contributed by atoms with E-state index in [1.54, 1.807) is 40.7 Å². The van der Waals surface area contributed by atoms with Gasteiger partial charge in [0.2, 0.25) is 0 Å². The number of nitrogens with one attached hydrogen (secondary N) is 1. The van der Waals surface area contributed by atoms with Gasteiger partial charge in [-0.05, 0) is 70.1 Å². The molecule has 2 aliphatic heterocycles. The largest absolute Gasteiger partial charge is 0.465 e. The number of allylic oxidation sites excluding steroid dienone is 1. The smallest absolute Gasteiger partial charge is 0.408 e. The van der Waals surface area contributed by atoms with Gasteiger partial charge in [-0.1, -0.05) is 33.8 Å². The van der Waals surface area contributed by atoms with Crippen LogP contribution in [0.5, 0.6) is 0 Å². The summed E-state index contributed by atoms with van der Waals surface area (Å²) in [6.45, 7) is 13.2. The van der Waals surface area contributed by atoms with E-state index in [4.69, 9.17) is 28.4 Å². The van der Waals surface area contributed by atoms with Crippen molar-refractivity contribution in [3.05, 3.63) is 11.6 Å². The molecule has 12 nitrogen and oxygen atoms in total. The molecule has 0 bridgehead atoms. The van der Waals surface area contributed by atoms with E-state index in [2.05, 4.69) is 19.2 Å². The molecule has 2 saturated heterocycles. The highest BCUT2D eigenvalue weighted by Crippen LogP contribution is 2.66. The lowest BCUT2D eigenvalue weighted by Crippen LogP contribution is -2.61. The quantitative estimate of drug-likeness (QED) is 0.159. The van der Waals surface area contributed by atoms with Crippen molar-refractivity contribution in [3.63, 3.8) is 0 Å². The zero-order chi connectivity index (χ0) is 33.2. The first-order valence-electron chi connectivity index (χ1n) is 16.1. The van der Waals surface area contributed by atoms with Crippen molar-refractivity contribution >= 4 is 30.0 Å². The maximum Gasteiger partial charge on any atom is 0.408 e. The first-order chi connectivity index (χ1) is 21.1. The molecule has 0 aromatic rings. The highest BCUT2D eigenvalue weighted by atomic mass is 16.6. The third-order valence-corrected chi connectivity index (χ3v) is 10.0. The second-order valence-corrected chi connectivity index (χ2v) is 14.2. The van der Waals surface area contributed by atoms with E-state index in [0.717, 1.165) is 19.3 Å². The molecule has 1 N–H and O–H groups in total. The Balaban J connectivity index is 1.52. The molecule has 0 unspecified atom stereocenters. The van der Waals surface area contributed by atoms with E-state index in [9.17, 15) is 24.0 Å². The Morgan fingerprint density at radius 2 is 1.69 bits per heavy atom. The summed E-state index contributed by atoms with van der Waals surface area (Å²) in [7, 11) is 0. The molecule has 1 spiro atoms. The molecule has 7 atom stereocenters. The molecule has 4 aliphatic rings. The standard InChI is InChI=1S/C33H49NO11/c1-8-25(35)41-18-32(7)22-12-15-33(19-42-33)23(31(22,6)14-13-24(32)44-26(36)9-2)11-10-20-21(17-40-28(20)38)43-27(37)16-34-29(39)45-30(3,4)5/h10,21-24H,8-9,11-19H2,1-7H3,(H,34,39)/b20-10+/t21-,22+,23+,24-,31-,32+,33-/m1/s1. The van der Waals surface area contributed by atoms with Crippen LogP contribution >= 0.6 is 0 Å². The van der Waals surface area contributed by atoms with Crippen LogP contribution in [0.15, 0.2) is 11.6 Å². The number of hydrogen-bond acceptors (Lipinski definition) is 11. The minimum atomic E-state index is -0.906. The van der Waals surface area contributed by atoms with Crippen molar-refractivity contribution in [1.29, 1.82) is 0 Å². The van der Waals surface area contributed by atoms with Crippen molar-refractivity contribution in [3.8, 4) is 0 Å². The van der Waals surface area contributed by atoms with Crippen molar-refractivity contribution in [2.75, 3.05) is 26.4 Å². The SMILES string of the molecule is CCC(=O)OC[C@@]1(C)[C@H]2CC[C@@]3(CO3)[C@@H](C/C=C3/C(=O)OC[C@H]3OC(=O)CNC(=O)OC(C)(C)C)[C@]2(C)CC[C@H]1OC(=O)CC. The summed E-state index contributed by atoms with van der Waals surface area (Å²) in [4.78, 5) is 61.9. The molecule has 0 aromatic carbocycles. The first-order valence-corrected chi connectivity index (χ1v) is 16.1. The van der Waals surface area contributed by atoms with Gasteiger partial charge >= 0.3 is 30.0 Å². The number of alkyl carbamates (subject to hydrolysis) is 1. The predicted octanol–water partition coefficient (Wildman–Crippen LogP) is 4.17. The first kappa shape index (κ1) is 34.7. The number of cyclic esters (lactones) is 1. The van der Waals surface area contributed by atoms with Crippen LogP contribution in [0.3, 0.4) is 0 Å². The Morgan fingerprint density at radius 3 is 2.31 bits per heavy atom. The highest BCUT2D eigenvalue weighted by Gasteiger charge is 2.67. The van der Waals surface area contributed by atoms with Gasteiger partial charge in [-0.3, -0.25) is 14.4 Å². The Morgan fingerprint density at radius 1 is 1.00 bits per heavy atom. The molecule has 4 fully saturated rings. The van der Waals surface area contributed by atoms with Crippen molar-refractivity contribution in [2.45, 2.75) is 117 Å². The van der Waals surface area contributed by atoms with E-state index in [-0.39, 0.29) is 66.4 Å². The average Bonchev–Trinajstić information content (AvgIpc) is 3.66. The monoisotopic (exact) mass is 635 g/mol. The molecule has 12 heteroatoms.